The zero-order valence-electron chi connectivity index (χ0n) is 10.7. The predicted molar refractivity (Wildman–Crippen MR) is 68.5 cm³/mol. The van der Waals surface area contributed by atoms with E-state index >= 15 is 0 Å². The minimum Gasteiger partial charge on any atom is -0.497 e. The Morgan fingerprint density at radius 3 is 2.88 bits per heavy atom. The van der Waals surface area contributed by atoms with Crippen LogP contribution in [0.25, 0.3) is 0 Å². The van der Waals surface area contributed by atoms with Crippen molar-refractivity contribution in [2.75, 3.05) is 27.4 Å². The third-order valence-corrected chi connectivity index (χ3v) is 3.43. The Kier molecular flexibility index (Phi) is 4.02. The van der Waals surface area contributed by atoms with E-state index in [2.05, 4.69) is 17.4 Å². The van der Waals surface area contributed by atoms with Crippen LogP contribution < -0.4 is 10.1 Å². The normalized spacial score (nSPS) is 23.9. The number of hydrogen-bond acceptors (Lipinski definition) is 3. The third-order valence-electron chi connectivity index (χ3n) is 3.43. The average Bonchev–Trinajstić information content (AvgIpc) is 2.78. The molecule has 1 aromatic rings. The van der Waals surface area contributed by atoms with Gasteiger partial charge in [0.15, 0.2) is 0 Å². The molecule has 1 unspecified atom stereocenters. The van der Waals surface area contributed by atoms with Crippen molar-refractivity contribution in [3.63, 3.8) is 0 Å². The van der Waals surface area contributed by atoms with Crippen LogP contribution in [0.15, 0.2) is 24.3 Å². The van der Waals surface area contributed by atoms with Gasteiger partial charge in [0, 0.05) is 12.6 Å². The van der Waals surface area contributed by atoms with E-state index in [9.17, 15) is 0 Å². The molecule has 94 valence electrons. The molecule has 1 aliphatic heterocycles. The number of benzene rings is 1. The van der Waals surface area contributed by atoms with Gasteiger partial charge in [-0.15, -0.1) is 0 Å². The summed E-state index contributed by atoms with van der Waals surface area (Å²) in [6.07, 6.45) is 3.41. The third kappa shape index (κ3) is 2.99. The monoisotopic (exact) mass is 235 g/mol. The largest absolute Gasteiger partial charge is 0.497 e. The van der Waals surface area contributed by atoms with Crippen LogP contribution in [0.3, 0.4) is 0 Å². The molecule has 0 aliphatic carbocycles. The van der Waals surface area contributed by atoms with E-state index in [0.29, 0.717) is 0 Å². The van der Waals surface area contributed by atoms with Crippen molar-refractivity contribution in [2.24, 2.45) is 0 Å². The lowest BCUT2D eigenvalue weighted by atomic mass is 9.90. The first-order valence-electron chi connectivity index (χ1n) is 6.15. The summed E-state index contributed by atoms with van der Waals surface area (Å²) in [5, 5.41) is 3.59. The molecule has 17 heavy (non-hydrogen) atoms. The molecule has 0 radical (unpaired) electrons. The fourth-order valence-corrected chi connectivity index (χ4v) is 2.64. The first-order valence-corrected chi connectivity index (χ1v) is 6.15. The van der Waals surface area contributed by atoms with E-state index in [1.165, 1.54) is 18.4 Å². The van der Waals surface area contributed by atoms with Crippen LogP contribution in [0.1, 0.15) is 18.4 Å². The molecule has 1 heterocycles. The lowest BCUT2D eigenvalue weighted by Gasteiger charge is -2.29. The Labute approximate surface area is 103 Å². The smallest absolute Gasteiger partial charge is 0.119 e. The predicted octanol–water partition coefficient (Wildman–Crippen LogP) is 2.01. The van der Waals surface area contributed by atoms with Gasteiger partial charge in [0.2, 0.25) is 0 Å². The van der Waals surface area contributed by atoms with Crippen molar-refractivity contribution in [1.29, 1.82) is 0 Å². The SMILES string of the molecule is COCC1(Cc2cccc(OC)c2)CCCN1. The molecule has 3 nitrogen and oxygen atoms in total. The van der Waals surface area contributed by atoms with Crippen molar-refractivity contribution in [3.8, 4) is 5.75 Å². The van der Waals surface area contributed by atoms with Gasteiger partial charge in [0.1, 0.15) is 5.75 Å². The first-order chi connectivity index (χ1) is 8.28. The second-order valence-corrected chi connectivity index (χ2v) is 4.77. The number of rotatable bonds is 5. The number of hydrogen-bond donors (Lipinski definition) is 1. The summed E-state index contributed by atoms with van der Waals surface area (Å²) in [6, 6.07) is 8.29. The molecule has 1 atom stereocenters. The summed E-state index contributed by atoms with van der Waals surface area (Å²) in [4.78, 5) is 0. The van der Waals surface area contributed by atoms with E-state index in [1.807, 2.05) is 12.1 Å². The van der Waals surface area contributed by atoms with Crippen LogP contribution in [0.4, 0.5) is 0 Å². The van der Waals surface area contributed by atoms with E-state index in [4.69, 9.17) is 9.47 Å². The highest BCUT2D eigenvalue weighted by molar-refractivity contribution is 5.30. The lowest BCUT2D eigenvalue weighted by molar-refractivity contribution is 0.120. The van der Waals surface area contributed by atoms with Crippen LogP contribution in [0, 0.1) is 0 Å². The second kappa shape index (κ2) is 5.52. The zero-order chi connectivity index (χ0) is 12.1. The molecule has 0 aromatic heterocycles. The molecule has 1 saturated heterocycles. The van der Waals surface area contributed by atoms with Crippen LogP contribution in [-0.4, -0.2) is 32.9 Å². The van der Waals surface area contributed by atoms with Crippen LogP contribution in [0.2, 0.25) is 0 Å². The Balaban J connectivity index is 2.11. The minimum absolute atomic E-state index is 0.112. The van der Waals surface area contributed by atoms with Gasteiger partial charge in [-0.25, -0.2) is 0 Å². The van der Waals surface area contributed by atoms with Gasteiger partial charge in [-0.3, -0.25) is 0 Å². The maximum absolute atomic E-state index is 5.36. The summed E-state index contributed by atoms with van der Waals surface area (Å²) in [5.74, 6) is 0.924. The zero-order valence-corrected chi connectivity index (χ0v) is 10.7. The molecule has 1 aliphatic rings. The lowest BCUT2D eigenvalue weighted by Crippen LogP contribution is -2.46. The van der Waals surface area contributed by atoms with Crippen LogP contribution in [-0.2, 0) is 11.2 Å². The Morgan fingerprint density at radius 1 is 1.35 bits per heavy atom. The van der Waals surface area contributed by atoms with Gasteiger partial charge in [-0.2, -0.15) is 0 Å². The molecule has 0 amide bonds. The number of methoxy groups -OCH3 is 2. The fraction of sp³-hybridized carbons (Fsp3) is 0.571. The molecule has 0 saturated carbocycles. The highest BCUT2D eigenvalue weighted by Gasteiger charge is 2.33. The molecule has 1 fully saturated rings. The van der Waals surface area contributed by atoms with Crippen molar-refractivity contribution in [1.82, 2.24) is 5.32 Å². The van der Waals surface area contributed by atoms with Crippen molar-refractivity contribution >= 4 is 0 Å². The second-order valence-electron chi connectivity index (χ2n) is 4.77. The van der Waals surface area contributed by atoms with Crippen molar-refractivity contribution in [2.45, 2.75) is 24.8 Å². The molecule has 1 aromatic carbocycles. The molecule has 2 rings (SSSR count). The number of ether oxygens (including phenoxy) is 2. The van der Waals surface area contributed by atoms with Crippen molar-refractivity contribution < 1.29 is 9.47 Å². The Morgan fingerprint density at radius 2 is 2.24 bits per heavy atom. The van der Waals surface area contributed by atoms with E-state index in [0.717, 1.165) is 25.3 Å². The Bertz CT molecular complexity index is 359. The number of nitrogens with one attached hydrogen (secondary N) is 1. The molecular weight excluding hydrogens is 214 g/mol. The van der Waals surface area contributed by atoms with Gasteiger partial charge in [0.05, 0.1) is 13.7 Å². The van der Waals surface area contributed by atoms with Gasteiger partial charge < -0.3 is 14.8 Å². The fourth-order valence-electron chi connectivity index (χ4n) is 2.64. The summed E-state index contributed by atoms with van der Waals surface area (Å²) < 4.78 is 10.6. The summed E-state index contributed by atoms with van der Waals surface area (Å²) in [7, 11) is 3.48. The van der Waals surface area contributed by atoms with Gasteiger partial charge in [-0.1, -0.05) is 12.1 Å². The van der Waals surface area contributed by atoms with Gasteiger partial charge >= 0.3 is 0 Å². The van der Waals surface area contributed by atoms with Crippen LogP contribution >= 0.6 is 0 Å². The summed E-state index contributed by atoms with van der Waals surface area (Å²) in [5.41, 5.74) is 1.41. The molecule has 0 spiro atoms. The maximum atomic E-state index is 5.36. The average molecular weight is 235 g/mol. The van der Waals surface area contributed by atoms with Gasteiger partial charge in [0.25, 0.3) is 0 Å². The van der Waals surface area contributed by atoms with E-state index in [1.54, 1.807) is 14.2 Å². The van der Waals surface area contributed by atoms with Crippen molar-refractivity contribution in [3.05, 3.63) is 29.8 Å². The summed E-state index contributed by atoms with van der Waals surface area (Å²) in [6.45, 7) is 1.86. The highest BCUT2D eigenvalue weighted by Crippen LogP contribution is 2.26. The van der Waals surface area contributed by atoms with E-state index in [-0.39, 0.29) is 5.54 Å². The minimum atomic E-state index is 0.112. The quantitative estimate of drug-likeness (QED) is 0.847. The Hall–Kier alpha value is -1.06. The standard InChI is InChI=1S/C14H21NO2/c1-16-11-14(7-4-8-15-14)10-12-5-3-6-13(9-12)17-2/h3,5-6,9,15H,4,7-8,10-11H2,1-2H3. The molecular formula is C14H21NO2. The molecule has 3 heteroatoms. The first kappa shape index (κ1) is 12.4. The summed E-state index contributed by atoms with van der Waals surface area (Å²) >= 11 is 0. The molecule has 1 N–H and O–H groups in total. The topological polar surface area (TPSA) is 30.5 Å². The maximum Gasteiger partial charge on any atom is 0.119 e. The van der Waals surface area contributed by atoms with Crippen LogP contribution in [0.5, 0.6) is 5.75 Å². The van der Waals surface area contributed by atoms with Gasteiger partial charge in [-0.05, 0) is 43.5 Å². The highest BCUT2D eigenvalue weighted by atomic mass is 16.5. The molecule has 0 bridgehead atoms. The van der Waals surface area contributed by atoms with E-state index < -0.39 is 0 Å².